The molecule has 0 bridgehead atoms. The van der Waals surface area contributed by atoms with Crippen molar-refractivity contribution in [1.29, 1.82) is 0 Å². The van der Waals surface area contributed by atoms with E-state index in [1.807, 2.05) is 44.2 Å². The van der Waals surface area contributed by atoms with Crippen LogP contribution in [0.3, 0.4) is 0 Å². The number of benzene rings is 2. The fourth-order valence-corrected chi connectivity index (χ4v) is 5.43. The molecule has 35 heavy (non-hydrogen) atoms. The largest absolute Gasteiger partial charge is 0.489 e. The minimum atomic E-state index is -0.818. The molecule has 2 aromatic rings. The summed E-state index contributed by atoms with van der Waals surface area (Å²) in [5.74, 6) is -0.138. The first-order valence-corrected chi connectivity index (χ1v) is 12.2. The third-order valence-corrected chi connectivity index (χ3v) is 7.07. The van der Waals surface area contributed by atoms with Gasteiger partial charge >= 0.3 is 5.97 Å². The normalized spacial score (nSPS) is 33.0. The van der Waals surface area contributed by atoms with Gasteiger partial charge in [0.15, 0.2) is 12.6 Å². The molecule has 3 fully saturated rings. The molecule has 1 aliphatic carbocycles. The van der Waals surface area contributed by atoms with Gasteiger partial charge in [0.05, 0.1) is 18.1 Å². The summed E-state index contributed by atoms with van der Waals surface area (Å²) in [6.45, 7) is 4.99. The van der Waals surface area contributed by atoms with Crippen LogP contribution < -0.4 is 4.74 Å². The predicted molar refractivity (Wildman–Crippen MR) is 125 cm³/mol. The molecule has 188 valence electrons. The zero-order valence-electron chi connectivity index (χ0n) is 20.0. The lowest BCUT2D eigenvalue weighted by Gasteiger charge is -2.42. The van der Waals surface area contributed by atoms with Crippen LogP contribution in [0.25, 0.3) is 0 Å². The number of rotatable bonds is 10. The van der Waals surface area contributed by atoms with Gasteiger partial charge in [-0.05, 0) is 43.7 Å². The van der Waals surface area contributed by atoms with Crippen molar-refractivity contribution in [2.45, 2.75) is 57.3 Å². The molecule has 2 saturated heterocycles. The lowest BCUT2D eigenvalue weighted by molar-refractivity contribution is -0.309. The molecule has 3 aliphatic rings. The average Bonchev–Trinajstić information content (AvgIpc) is 3.56. The molecule has 0 spiro atoms. The summed E-state index contributed by atoms with van der Waals surface area (Å²) in [4.78, 5) is 13.1. The Labute approximate surface area is 205 Å². The van der Waals surface area contributed by atoms with Crippen LogP contribution >= 0.6 is 0 Å². The van der Waals surface area contributed by atoms with Crippen molar-refractivity contribution in [2.75, 3.05) is 19.8 Å². The van der Waals surface area contributed by atoms with Crippen molar-refractivity contribution in [3.8, 4) is 5.75 Å². The number of carbonyl (C=O) groups excluding carboxylic acids is 1. The number of ether oxygens (including phenoxy) is 6. The SMILES string of the molecule is CCO[C@H]1C[C@H]2[C@H](OC(=O)c3ccc(OCc4ccccc4)cc3)[C@@H]3O[C@]3(CO)[C@H]2[C@H](OCC)O1. The van der Waals surface area contributed by atoms with E-state index in [4.69, 9.17) is 28.4 Å². The van der Waals surface area contributed by atoms with E-state index in [0.29, 0.717) is 37.6 Å². The van der Waals surface area contributed by atoms with Gasteiger partial charge in [-0.1, -0.05) is 30.3 Å². The average molecular weight is 485 g/mol. The Morgan fingerprint density at radius 1 is 1.06 bits per heavy atom. The van der Waals surface area contributed by atoms with Crippen LogP contribution in [0, 0.1) is 11.8 Å². The molecule has 2 aliphatic heterocycles. The van der Waals surface area contributed by atoms with Gasteiger partial charge in [0, 0.05) is 25.6 Å². The Bertz CT molecular complexity index is 996. The van der Waals surface area contributed by atoms with E-state index >= 15 is 0 Å². The highest BCUT2D eigenvalue weighted by Crippen LogP contribution is 2.61. The van der Waals surface area contributed by atoms with Crippen molar-refractivity contribution in [2.24, 2.45) is 11.8 Å². The maximum absolute atomic E-state index is 13.1. The molecular formula is C27H32O8. The van der Waals surface area contributed by atoms with E-state index in [1.54, 1.807) is 24.3 Å². The Hall–Kier alpha value is -2.49. The zero-order chi connectivity index (χ0) is 24.4. The highest BCUT2D eigenvalue weighted by Gasteiger charge is 2.77. The number of carbonyl (C=O) groups is 1. The predicted octanol–water partition coefficient (Wildman–Crippen LogP) is 3.31. The van der Waals surface area contributed by atoms with Gasteiger partial charge in [0.1, 0.15) is 30.2 Å². The minimum absolute atomic E-state index is 0.111. The first-order valence-electron chi connectivity index (χ1n) is 12.2. The summed E-state index contributed by atoms with van der Waals surface area (Å²) in [6, 6.07) is 16.8. The van der Waals surface area contributed by atoms with E-state index in [-0.39, 0.29) is 18.4 Å². The quantitative estimate of drug-likeness (QED) is 0.405. The highest BCUT2D eigenvalue weighted by molar-refractivity contribution is 5.89. The van der Waals surface area contributed by atoms with E-state index in [9.17, 15) is 9.90 Å². The first kappa shape index (κ1) is 24.2. The number of aliphatic hydroxyl groups is 1. The van der Waals surface area contributed by atoms with Crippen molar-refractivity contribution in [1.82, 2.24) is 0 Å². The Morgan fingerprint density at radius 2 is 1.80 bits per heavy atom. The van der Waals surface area contributed by atoms with Gasteiger partial charge in [-0.3, -0.25) is 0 Å². The van der Waals surface area contributed by atoms with Gasteiger partial charge in [-0.2, -0.15) is 0 Å². The summed E-state index contributed by atoms with van der Waals surface area (Å²) in [6.07, 6.45) is -1.45. The van der Waals surface area contributed by atoms with E-state index in [1.165, 1.54) is 0 Å². The van der Waals surface area contributed by atoms with Crippen LogP contribution in [-0.2, 0) is 30.3 Å². The fourth-order valence-electron chi connectivity index (χ4n) is 5.43. The van der Waals surface area contributed by atoms with Crippen LogP contribution in [-0.4, -0.2) is 61.3 Å². The number of epoxide rings is 1. The van der Waals surface area contributed by atoms with Gasteiger partial charge in [-0.15, -0.1) is 0 Å². The third-order valence-electron chi connectivity index (χ3n) is 7.07. The summed E-state index contributed by atoms with van der Waals surface area (Å²) in [7, 11) is 0. The van der Waals surface area contributed by atoms with Gasteiger partial charge in [0.2, 0.25) is 0 Å². The summed E-state index contributed by atoms with van der Waals surface area (Å²) < 4.78 is 35.3. The number of aliphatic hydroxyl groups excluding tert-OH is 1. The number of hydrogen-bond donors (Lipinski definition) is 1. The van der Waals surface area contributed by atoms with Crippen molar-refractivity contribution >= 4 is 5.97 Å². The van der Waals surface area contributed by atoms with E-state index in [0.717, 1.165) is 5.56 Å². The maximum atomic E-state index is 13.1. The van der Waals surface area contributed by atoms with Crippen molar-refractivity contribution < 1.29 is 38.3 Å². The molecular weight excluding hydrogens is 452 g/mol. The summed E-state index contributed by atoms with van der Waals surface area (Å²) in [5, 5.41) is 10.2. The number of esters is 1. The second kappa shape index (κ2) is 10.2. The molecule has 1 saturated carbocycles. The summed E-state index contributed by atoms with van der Waals surface area (Å²) in [5.41, 5.74) is 0.670. The smallest absolute Gasteiger partial charge is 0.338 e. The maximum Gasteiger partial charge on any atom is 0.338 e. The Morgan fingerprint density at radius 3 is 2.49 bits per heavy atom. The van der Waals surface area contributed by atoms with Crippen LogP contribution in [0.1, 0.15) is 36.2 Å². The molecule has 8 heteroatoms. The second-order valence-corrected chi connectivity index (χ2v) is 9.09. The molecule has 8 nitrogen and oxygen atoms in total. The van der Waals surface area contributed by atoms with Gasteiger partial charge in [-0.25, -0.2) is 4.79 Å². The molecule has 2 aromatic carbocycles. The monoisotopic (exact) mass is 484 g/mol. The second-order valence-electron chi connectivity index (χ2n) is 9.09. The van der Waals surface area contributed by atoms with Crippen LogP contribution in [0.5, 0.6) is 5.75 Å². The molecule has 0 aromatic heterocycles. The van der Waals surface area contributed by atoms with Crippen LogP contribution in [0.4, 0.5) is 0 Å². The lowest BCUT2D eigenvalue weighted by Crippen LogP contribution is -2.50. The highest BCUT2D eigenvalue weighted by atomic mass is 16.8. The lowest BCUT2D eigenvalue weighted by atomic mass is 9.82. The fraction of sp³-hybridized carbons (Fsp3) is 0.519. The Balaban J connectivity index is 1.27. The Kier molecular flexibility index (Phi) is 7.09. The molecule has 2 heterocycles. The number of fused-ring (bicyclic) bond motifs is 3. The summed E-state index contributed by atoms with van der Waals surface area (Å²) >= 11 is 0. The van der Waals surface area contributed by atoms with Gasteiger partial charge < -0.3 is 33.5 Å². The van der Waals surface area contributed by atoms with E-state index in [2.05, 4.69) is 0 Å². The topological polar surface area (TPSA) is 96.0 Å². The van der Waals surface area contributed by atoms with E-state index < -0.39 is 36.4 Å². The molecule has 0 unspecified atom stereocenters. The van der Waals surface area contributed by atoms with Crippen LogP contribution in [0.2, 0.25) is 0 Å². The molecule has 5 rings (SSSR count). The molecule has 0 radical (unpaired) electrons. The molecule has 1 N–H and O–H groups in total. The minimum Gasteiger partial charge on any atom is -0.489 e. The number of hydrogen-bond acceptors (Lipinski definition) is 8. The molecule has 0 amide bonds. The van der Waals surface area contributed by atoms with Gasteiger partial charge in [0.25, 0.3) is 0 Å². The van der Waals surface area contributed by atoms with Crippen molar-refractivity contribution in [3.05, 3.63) is 65.7 Å². The first-order chi connectivity index (χ1) is 17.1. The molecule has 7 atom stereocenters. The van der Waals surface area contributed by atoms with Crippen LogP contribution in [0.15, 0.2) is 54.6 Å². The standard InChI is InChI=1S/C27H32O8/c1-3-30-21-14-20-22(26(33-21)31-4-2)27(16-28)24(35-27)23(20)34-25(29)18-10-12-19(13-11-18)32-15-17-8-6-5-7-9-17/h5-13,20-24,26,28H,3-4,14-16H2,1-2H3/t20-,21-,22-,23+,24+,26-,27-/m1/s1. The zero-order valence-corrected chi connectivity index (χ0v) is 20.0. The third kappa shape index (κ3) is 4.69. The van der Waals surface area contributed by atoms with Crippen molar-refractivity contribution in [3.63, 3.8) is 0 Å².